The Morgan fingerprint density at radius 1 is 1.22 bits per heavy atom. The number of nitrogens with zero attached hydrogens (tertiary/aromatic N) is 2. The van der Waals surface area contributed by atoms with Crippen molar-refractivity contribution in [2.45, 2.75) is 37.8 Å². The van der Waals surface area contributed by atoms with Crippen LogP contribution in [0.2, 0.25) is 0 Å². The van der Waals surface area contributed by atoms with E-state index in [1.54, 1.807) is 17.0 Å². The molecule has 0 radical (unpaired) electrons. The summed E-state index contributed by atoms with van der Waals surface area (Å²) in [5, 5.41) is 12.5. The van der Waals surface area contributed by atoms with Crippen molar-refractivity contribution in [3.8, 4) is 11.8 Å². The van der Waals surface area contributed by atoms with Gasteiger partial charge in [-0.3, -0.25) is 4.79 Å². The van der Waals surface area contributed by atoms with Crippen LogP contribution >= 0.6 is 0 Å². The number of aliphatic hydroxyl groups excluding tert-OH is 1. The van der Waals surface area contributed by atoms with E-state index in [1.165, 1.54) is 17.0 Å². The van der Waals surface area contributed by atoms with Gasteiger partial charge in [0.25, 0.3) is 0 Å². The number of piperazine rings is 1. The molecule has 3 atom stereocenters. The Hall–Kier alpha value is -3.37. The number of para-hydroxylation sites is 1. The van der Waals surface area contributed by atoms with Crippen LogP contribution in [0.25, 0.3) is 0 Å². The minimum Gasteiger partial charge on any atom is -0.394 e. The lowest BCUT2D eigenvalue weighted by molar-refractivity contribution is -0.159. The lowest BCUT2D eigenvalue weighted by Gasteiger charge is -2.58. The van der Waals surface area contributed by atoms with Gasteiger partial charge in [-0.15, -0.1) is 0 Å². The monoisotopic (exact) mass is 435 g/mol. The van der Waals surface area contributed by atoms with Gasteiger partial charge in [-0.05, 0) is 36.2 Å². The number of rotatable bonds is 4. The largest absolute Gasteiger partial charge is 0.394 e. The average Bonchev–Trinajstić information content (AvgIpc) is 2.78. The molecule has 32 heavy (non-hydrogen) atoms. The van der Waals surface area contributed by atoms with Gasteiger partial charge in [-0.2, -0.15) is 0 Å². The van der Waals surface area contributed by atoms with Crippen LogP contribution in [0.4, 0.5) is 14.9 Å². The predicted molar refractivity (Wildman–Crippen MR) is 119 cm³/mol. The lowest BCUT2D eigenvalue weighted by Crippen LogP contribution is -2.73. The maximum absolute atomic E-state index is 13.9. The Morgan fingerprint density at radius 3 is 2.66 bits per heavy atom. The van der Waals surface area contributed by atoms with Crippen molar-refractivity contribution < 1.29 is 19.1 Å². The molecule has 2 aromatic carbocycles. The van der Waals surface area contributed by atoms with Gasteiger partial charge in [-0.1, -0.05) is 43.0 Å². The Kier molecular flexibility index (Phi) is 6.42. The number of amides is 3. The molecule has 0 aliphatic carbocycles. The molecule has 2 heterocycles. The molecule has 0 saturated carbocycles. The van der Waals surface area contributed by atoms with Crippen molar-refractivity contribution in [2.24, 2.45) is 0 Å². The molecule has 166 valence electrons. The van der Waals surface area contributed by atoms with Gasteiger partial charge in [0, 0.05) is 24.4 Å². The molecule has 2 N–H and O–H groups in total. The first-order valence-corrected chi connectivity index (χ1v) is 10.8. The molecular formula is C25H26FN3O3. The summed E-state index contributed by atoms with van der Waals surface area (Å²) >= 11 is 0. The third kappa shape index (κ3) is 4.19. The number of urea groups is 1. The fraction of sp³-hybridized carbons (Fsp3) is 0.360. The standard InChI is InChI=1S/C25H26FN3O3/c1-2-3-4-7-17-10-12-18(13-11-17)24-21-14-28(15-23(31)29(21)22(24)16-30)25(32)27-20-9-6-5-8-19(20)26/h5-6,8-13,21-22,24,30H,2-3,14-16H2,1H3,(H,27,32)/t21-,22+,24-/m1/s1. The van der Waals surface area contributed by atoms with Crippen LogP contribution in [-0.2, 0) is 4.79 Å². The molecule has 0 unspecified atom stereocenters. The first kappa shape index (κ1) is 21.8. The Morgan fingerprint density at radius 2 is 1.97 bits per heavy atom. The van der Waals surface area contributed by atoms with E-state index in [0.29, 0.717) is 6.54 Å². The van der Waals surface area contributed by atoms with Gasteiger partial charge in [-0.25, -0.2) is 9.18 Å². The van der Waals surface area contributed by atoms with E-state index in [-0.39, 0.29) is 42.7 Å². The zero-order chi connectivity index (χ0) is 22.7. The summed E-state index contributed by atoms with van der Waals surface area (Å²) in [5.41, 5.74) is 1.99. The third-order valence-corrected chi connectivity index (χ3v) is 6.06. The number of unbranched alkanes of at least 4 members (excludes halogenated alkanes) is 1. The molecule has 2 fully saturated rings. The molecule has 2 aliphatic heterocycles. The van der Waals surface area contributed by atoms with Gasteiger partial charge in [0.15, 0.2) is 0 Å². The van der Waals surface area contributed by atoms with E-state index in [9.17, 15) is 19.1 Å². The summed E-state index contributed by atoms with van der Waals surface area (Å²) in [6, 6.07) is 12.7. The van der Waals surface area contributed by atoms with E-state index in [2.05, 4.69) is 24.1 Å². The molecular weight excluding hydrogens is 409 g/mol. The topological polar surface area (TPSA) is 72.9 Å². The van der Waals surface area contributed by atoms with E-state index in [1.807, 2.05) is 24.3 Å². The van der Waals surface area contributed by atoms with Crippen molar-refractivity contribution in [1.29, 1.82) is 0 Å². The third-order valence-electron chi connectivity index (χ3n) is 6.06. The lowest BCUT2D eigenvalue weighted by atomic mass is 9.73. The van der Waals surface area contributed by atoms with Crippen LogP contribution in [0, 0.1) is 17.7 Å². The van der Waals surface area contributed by atoms with E-state index in [4.69, 9.17) is 0 Å². The number of anilines is 1. The molecule has 6 nitrogen and oxygen atoms in total. The smallest absolute Gasteiger partial charge is 0.322 e. The summed E-state index contributed by atoms with van der Waals surface area (Å²) in [4.78, 5) is 28.5. The molecule has 2 aliphatic rings. The number of carbonyl (C=O) groups is 2. The quantitative estimate of drug-likeness (QED) is 0.725. The maximum atomic E-state index is 13.9. The van der Waals surface area contributed by atoms with E-state index >= 15 is 0 Å². The van der Waals surface area contributed by atoms with Crippen molar-refractivity contribution in [3.63, 3.8) is 0 Å². The van der Waals surface area contributed by atoms with E-state index in [0.717, 1.165) is 24.0 Å². The van der Waals surface area contributed by atoms with Crippen molar-refractivity contribution >= 4 is 17.6 Å². The second kappa shape index (κ2) is 9.41. The first-order chi connectivity index (χ1) is 15.5. The number of fused-ring (bicyclic) bond motifs is 1. The number of hydrogen-bond donors (Lipinski definition) is 2. The van der Waals surface area contributed by atoms with Crippen molar-refractivity contribution in [1.82, 2.24) is 9.80 Å². The van der Waals surface area contributed by atoms with Crippen LogP contribution < -0.4 is 5.32 Å². The van der Waals surface area contributed by atoms with Gasteiger partial charge in [0.1, 0.15) is 12.4 Å². The molecule has 3 amide bonds. The van der Waals surface area contributed by atoms with Crippen LogP contribution in [0.1, 0.15) is 36.8 Å². The number of benzene rings is 2. The Bertz CT molecular complexity index is 1060. The minimum atomic E-state index is -0.533. The zero-order valence-electron chi connectivity index (χ0n) is 17.9. The van der Waals surface area contributed by atoms with Gasteiger partial charge >= 0.3 is 6.03 Å². The number of halogens is 1. The number of nitrogens with one attached hydrogen (secondary N) is 1. The summed E-state index contributed by atoms with van der Waals surface area (Å²) in [6.45, 7) is 2.14. The molecule has 2 saturated heterocycles. The maximum Gasteiger partial charge on any atom is 0.322 e. The normalized spacial score (nSPS) is 21.8. The molecule has 0 bridgehead atoms. The highest BCUT2D eigenvalue weighted by Crippen LogP contribution is 2.43. The fourth-order valence-corrected chi connectivity index (χ4v) is 4.49. The van der Waals surface area contributed by atoms with Crippen LogP contribution in [0.5, 0.6) is 0 Å². The molecule has 0 spiro atoms. The number of carbonyl (C=O) groups excluding carboxylic acids is 2. The van der Waals surface area contributed by atoms with Gasteiger partial charge in [0.05, 0.1) is 24.4 Å². The highest BCUT2D eigenvalue weighted by Gasteiger charge is 2.54. The van der Waals surface area contributed by atoms with Gasteiger partial charge in [0.2, 0.25) is 5.91 Å². The van der Waals surface area contributed by atoms with Crippen molar-refractivity contribution in [2.75, 3.05) is 25.0 Å². The molecule has 4 rings (SSSR count). The summed E-state index contributed by atoms with van der Waals surface area (Å²) in [7, 11) is 0. The highest BCUT2D eigenvalue weighted by atomic mass is 19.1. The Labute approximate surface area is 187 Å². The van der Waals surface area contributed by atoms with Crippen LogP contribution in [0.15, 0.2) is 48.5 Å². The van der Waals surface area contributed by atoms with Crippen LogP contribution in [0.3, 0.4) is 0 Å². The highest BCUT2D eigenvalue weighted by molar-refractivity contribution is 5.93. The molecule has 7 heteroatoms. The van der Waals surface area contributed by atoms with Gasteiger partial charge < -0.3 is 20.2 Å². The summed E-state index contributed by atoms with van der Waals surface area (Å²) < 4.78 is 13.9. The Balaban J connectivity index is 1.50. The predicted octanol–water partition coefficient (Wildman–Crippen LogP) is 3.18. The second-order valence-electron chi connectivity index (χ2n) is 8.11. The van der Waals surface area contributed by atoms with Crippen LogP contribution in [-0.4, -0.2) is 58.6 Å². The minimum absolute atomic E-state index is 0.0746. The average molecular weight is 435 g/mol. The molecule has 2 aromatic rings. The number of hydrogen-bond acceptors (Lipinski definition) is 3. The number of aliphatic hydroxyl groups is 1. The fourth-order valence-electron chi connectivity index (χ4n) is 4.49. The zero-order valence-corrected chi connectivity index (χ0v) is 17.9. The van der Waals surface area contributed by atoms with Crippen molar-refractivity contribution in [3.05, 3.63) is 65.5 Å². The first-order valence-electron chi connectivity index (χ1n) is 10.8. The van der Waals surface area contributed by atoms with E-state index < -0.39 is 11.8 Å². The summed E-state index contributed by atoms with van der Waals surface area (Å²) in [5.74, 6) is 5.41. The molecule has 0 aromatic heterocycles. The summed E-state index contributed by atoms with van der Waals surface area (Å²) in [6.07, 6.45) is 1.86. The second-order valence-corrected chi connectivity index (χ2v) is 8.11. The SMILES string of the molecule is CCCC#Cc1ccc([C@@H]2[C@H]3CN(C(=O)Nc4ccccc4F)CC(=O)N3[C@H]2CO)cc1.